The summed E-state index contributed by atoms with van der Waals surface area (Å²) in [6.07, 6.45) is 5.31. The lowest BCUT2D eigenvalue weighted by Crippen LogP contribution is -2.20. The van der Waals surface area contributed by atoms with Gasteiger partial charge in [-0.15, -0.1) is 0 Å². The summed E-state index contributed by atoms with van der Waals surface area (Å²) in [5, 5.41) is 0.827. The Hall–Kier alpha value is -0.570. The summed E-state index contributed by atoms with van der Waals surface area (Å²) in [5.74, 6) is 0. The molecule has 2 atom stereocenters. The van der Waals surface area contributed by atoms with E-state index in [-0.39, 0.29) is 32.7 Å². The van der Waals surface area contributed by atoms with Gasteiger partial charge in [0.25, 0.3) is 0 Å². The smallest absolute Gasteiger partial charge is 0 e. The molecule has 0 amide bonds. The number of hydrogen-bond donors (Lipinski definition) is 0. The van der Waals surface area contributed by atoms with Gasteiger partial charge in [-0.05, 0) is 46.1 Å². The summed E-state index contributed by atoms with van der Waals surface area (Å²) in [6, 6.07) is 22.2. The summed E-state index contributed by atoms with van der Waals surface area (Å²) < 4.78 is 0. The molecular formula is C24H36B2P2. The molecule has 4 heteroatoms. The second-order valence-electron chi connectivity index (χ2n) is 9.16. The average Bonchev–Trinajstić information content (AvgIpc) is 2.57. The van der Waals surface area contributed by atoms with E-state index in [4.69, 9.17) is 0 Å². The van der Waals surface area contributed by atoms with E-state index in [0.29, 0.717) is 10.3 Å². The zero-order chi connectivity index (χ0) is 19.2. The van der Waals surface area contributed by atoms with Crippen molar-refractivity contribution in [2.75, 3.05) is 12.3 Å². The lowest BCUT2D eigenvalue weighted by molar-refractivity contribution is 0.771. The molecule has 0 aliphatic carbocycles. The maximum atomic E-state index is 2.44. The molecule has 0 saturated heterocycles. The molecule has 2 aromatic rings. The van der Waals surface area contributed by atoms with Crippen molar-refractivity contribution >= 4 is 32.7 Å². The van der Waals surface area contributed by atoms with Crippen molar-refractivity contribution in [1.29, 1.82) is 0 Å². The third-order valence-corrected chi connectivity index (χ3v) is 12.1. The van der Waals surface area contributed by atoms with Crippen LogP contribution in [0.1, 0.15) is 52.7 Å². The Morgan fingerprint density at radius 2 is 0.821 bits per heavy atom. The van der Waals surface area contributed by atoms with Crippen LogP contribution in [0.2, 0.25) is 0 Å². The summed E-state index contributed by atoms with van der Waals surface area (Å²) in [5.41, 5.74) is 3.02. The van der Waals surface area contributed by atoms with Gasteiger partial charge >= 0.3 is 0 Å². The standard InChI is InChI=1S/C24H36P2.2B/c1-23(2,3)25(19-21-13-9-7-10-14-21)17-18-26(24(4,5)6)20-22-15-11-8-12-16-22;;/h7-16H,17-20H2,1-6H3;;/t25-,26-;;/m0../s1. The molecule has 0 nitrogen and oxygen atoms in total. The van der Waals surface area contributed by atoms with E-state index in [1.807, 2.05) is 0 Å². The zero-order valence-corrected chi connectivity index (χ0v) is 20.4. The van der Waals surface area contributed by atoms with Crippen LogP contribution in [0.15, 0.2) is 60.7 Å². The van der Waals surface area contributed by atoms with Crippen LogP contribution in [-0.4, -0.2) is 39.5 Å². The Morgan fingerprint density at radius 1 is 0.536 bits per heavy atom. The highest BCUT2D eigenvalue weighted by atomic mass is 31.1. The zero-order valence-electron chi connectivity index (χ0n) is 18.7. The van der Waals surface area contributed by atoms with Crippen LogP contribution < -0.4 is 0 Å². The van der Waals surface area contributed by atoms with Crippen LogP contribution in [0.5, 0.6) is 0 Å². The lowest BCUT2D eigenvalue weighted by atomic mass is 10.2. The topological polar surface area (TPSA) is 0 Å². The van der Waals surface area contributed by atoms with Crippen molar-refractivity contribution < 1.29 is 0 Å². The van der Waals surface area contributed by atoms with Gasteiger partial charge in [0.2, 0.25) is 0 Å². The van der Waals surface area contributed by atoms with Gasteiger partial charge in [0.05, 0.1) is 0 Å². The van der Waals surface area contributed by atoms with Gasteiger partial charge in [-0.3, -0.25) is 0 Å². The van der Waals surface area contributed by atoms with E-state index in [1.165, 1.54) is 35.8 Å². The van der Waals surface area contributed by atoms with Gasteiger partial charge in [-0.25, -0.2) is 0 Å². The van der Waals surface area contributed by atoms with E-state index in [2.05, 4.69) is 102 Å². The highest BCUT2D eigenvalue weighted by Crippen LogP contribution is 2.58. The molecular weight excluding hydrogens is 372 g/mol. The van der Waals surface area contributed by atoms with Crippen LogP contribution >= 0.6 is 15.8 Å². The van der Waals surface area contributed by atoms with Crippen molar-refractivity contribution in [1.82, 2.24) is 0 Å². The first-order valence-electron chi connectivity index (χ1n) is 9.74. The minimum atomic E-state index is -0.0161. The molecule has 0 saturated carbocycles. The van der Waals surface area contributed by atoms with Crippen molar-refractivity contribution in [3.05, 3.63) is 71.8 Å². The first-order valence-corrected chi connectivity index (χ1v) is 13.2. The maximum absolute atomic E-state index is 2.44. The van der Waals surface area contributed by atoms with Gasteiger partial charge in [0.1, 0.15) is 0 Å². The molecule has 0 N–H and O–H groups in total. The second kappa shape index (κ2) is 12.2. The fourth-order valence-corrected chi connectivity index (χ4v) is 8.99. The van der Waals surface area contributed by atoms with E-state index in [9.17, 15) is 0 Å². The molecule has 0 fully saturated rings. The summed E-state index contributed by atoms with van der Waals surface area (Å²) in [4.78, 5) is 0. The van der Waals surface area contributed by atoms with Crippen LogP contribution in [0, 0.1) is 0 Å². The van der Waals surface area contributed by atoms with Gasteiger partial charge in [-0.2, -0.15) is 0 Å². The quantitative estimate of drug-likeness (QED) is 0.336. The Labute approximate surface area is 181 Å². The minimum absolute atomic E-state index is 0. The summed E-state index contributed by atoms with van der Waals surface area (Å²) in [7, 11) is -0.0321. The molecule has 0 aromatic heterocycles. The van der Waals surface area contributed by atoms with E-state index in [1.54, 1.807) is 0 Å². The van der Waals surface area contributed by atoms with E-state index >= 15 is 0 Å². The first kappa shape index (κ1) is 27.4. The largest absolute Gasteiger partial charge is 0.0963 e. The number of hydrogen-bond acceptors (Lipinski definition) is 0. The highest BCUT2D eigenvalue weighted by molar-refractivity contribution is 7.62. The fourth-order valence-electron chi connectivity index (χ4n) is 3.15. The van der Waals surface area contributed by atoms with E-state index in [0.717, 1.165) is 0 Å². The third-order valence-electron chi connectivity index (χ3n) is 4.97. The summed E-state index contributed by atoms with van der Waals surface area (Å²) >= 11 is 0. The third kappa shape index (κ3) is 9.28. The normalized spacial score (nSPS) is 13.8. The van der Waals surface area contributed by atoms with Gasteiger partial charge < -0.3 is 0 Å². The molecule has 0 heterocycles. The molecule has 2 aromatic carbocycles. The molecule has 0 aliphatic heterocycles. The van der Waals surface area contributed by atoms with Crippen molar-refractivity contribution in [3.8, 4) is 0 Å². The number of benzene rings is 2. The Bertz CT molecular complexity index is 586. The highest BCUT2D eigenvalue weighted by Gasteiger charge is 2.29. The Kier molecular flexibility index (Phi) is 12.0. The van der Waals surface area contributed by atoms with Crippen molar-refractivity contribution in [2.24, 2.45) is 0 Å². The predicted molar refractivity (Wildman–Crippen MR) is 135 cm³/mol. The van der Waals surface area contributed by atoms with E-state index < -0.39 is 0 Å². The van der Waals surface area contributed by atoms with Gasteiger partial charge in [0, 0.05) is 16.8 Å². The maximum Gasteiger partial charge on any atom is 0 e. The SMILES string of the molecule is CC(C)(C)[P@@](CC[P@@](Cc1ccccc1)C(C)(C)C)Cc1ccccc1.[B].[B]. The molecule has 2 rings (SSSR count). The number of rotatable bonds is 7. The monoisotopic (exact) mass is 408 g/mol. The van der Waals surface area contributed by atoms with Gasteiger partial charge in [-0.1, -0.05) is 118 Å². The summed E-state index contributed by atoms with van der Waals surface area (Å²) in [6.45, 7) is 14.7. The molecule has 6 radical (unpaired) electrons. The van der Waals surface area contributed by atoms with Crippen LogP contribution in [0.4, 0.5) is 0 Å². The first-order chi connectivity index (χ1) is 12.2. The van der Waals surface area contributed by atoms with Crippen LogP contribution in [0.3, 0.4) is 0 Å². The molecule has 148 valence electrons. The average molecular weight is 408 g/mol. The Morgan fingerprint density at radius 3 is 1.07 bits per heavy atom. The molecule has 0 unspecified atom stereocenters. The molecule has 0 aliphatic rings. The molecule has 0 spiro atoms. The minimum Gasteiger partial charge on any atom is -0.0963 e. The molecule has 0 bridgehead atoms. The van der Waals surface area contributed by atoms with Crippen LogP contribution in [0.25, 0.3) is 0 Å². The van der Waals surface area contributed by atoms with Gasteiger partial charge in [0.15, 0.2) is 0 Å². The Balaban J connectivity index is 0.00000364. The predicted octanol–water partition coefficient (Wildman–Crippen LogP) is 7.19. The molecule has 28 heavy (non-hydrogen) atoms. The van der Waals surface area contributed by atoms with Crippen LogP contribution in [-0.2, 0) is 12.3 Å². The fraction of sp³-hybridized carbons (Fsp3) is 0.500. The van der Waals surface area contributed by atoms with Crippen molar-refractivity contribution in [2.45, 2.75) is 64.2 Å². The van der Waals surface area contributed by atoms with Crippen molar-refractivity contribution in [3.63, 3.8) is 0 Å². The lowest BCUT2D eigenvalue weighted by Gasteiger charge is -2.37. The second-order valence-corrected chi connectivity index (χ2v) is 15.5.